The maximum Gasteiger partial charge on any atom is 0.320 e. The Morgan fingerprint density at radius 1 is 0.974 bits per heavy atom. The van der Waals surface area contributed by atoms with Gasteiger partial charge >= 0.3 is 6.03 Å². The molecule has 2 aromatic rings. The second kappa shape index (κ2) is 10.4. The maximum absolute atomic E-state index is 13.9. The van der Waals surface area contributed by atoms with E-state index in [9.17, 15) is 14.7 Å². The first-order chi connectivity index (χ1) is 18.5. The van der Waals surface area contributed by atoms with Gasteiger partial charge in [0.15, 0.2) is 0 Å². The summed E-state index contributed by atoms with van der Waals surface area (Å²) in [5.41, 5.74) is 0.678. The van der Waals surface area contributed by atoms with Crippen molar-refractivity contribution in [1.29, 1.82) is 0 Å². The van der Waals surface area contributed by atoms with Crippen LogP contribution in [0.15, 0.2) is 53.5 Å². The number of pyridine rings is 1. The van der Waals surface area contributed by atoms with Gasteiger partial charge in [-0.15, -0.1) is 0 Å². The van der Waals surface area contributed by atoms with Crippen molar-refractivity contribution < 1.29 is 9.90 Å². The molecule has 2 amide bonds. The van der Waals surface area contributed by atoms with Crippen LogP contribution in [0.25, 0.3) is 0 Å². The van der Waals surface area contributed by atoms with E-state index in [4.69, 9.17) is 0 Å². The summed E-state index contributed by atoms with van der Waals surface area (Å²) in [6.07, 6.45) is 8.55. The summed E-state index contributed by atoms with van der Waals surface area (Å²) in [6, 6.07) is 14.1. The van der Waals surface area contributed by atoms with E-state index in [0.717, 1.165) is 63.1 Å². The number of piperazine rings is 1. The number of piperidine rings is 1. The molecule has 0 bridgehead atoms. The van der Waals surface area contributed by atoms with E-state index >= 15 is 0 Å². The Bertz CT molecular complexity index is 1190. The molecule has 2 N–H and O–H groups in total. The number of carbonyl (C=O) groups is 1. The zero-order valence-corrected chi connectivity index (χ0v) is 22.4. The fraction of sp³-hybridized carbons (Fsp3) is 0.600. The fourth-order valence-electron chi connectivity index (χ4n) is 7.43. The van der Waals surface area contributed by atoms with Crippen molar-refractivity contribution in [2.45, 2.75) is 63.1 Å². The zero-order chi connectivity index (χ0) is 26.2. The van der Waals surface area contributed by atoms with Gasteiger partial charge in [-0.05, 0) is 43.7 Å². The van der Waals surface area contributed by atoms with Crippen LogP contribution in [-0.4, -0.2) is 76.9 Å². The Balaban J connectivity index is 1.21. The largest absolute Gasteiger partial charge is 0.387 e. The number of nitrogens with one attached hydrogen (secondary N) is 1. The van der Waals surface area contributed by atoms with Crippen molar-refractivity contribution in [3.8, 4) is 0 Å². The second-order valence-corrected chi connectivity index (χ2v) is 11.8. The van der Waals surface area contributed by atoms with Crippen molar-refractivity contribution >= 4 is 11.7 Å². The summed E-state index contributed by atoms with van der Waals surface area (Å²) >= 11 is 0. The van der Waals surface area contributed by atoms with E-state index in [1.54, 1.807) is 10.6 Å². The van der Waals surface area contributed by atoms with Crippen LogP contribution >= 0.6 is 0 Å². The van der Waals surface area contributed by atoms with Crippen LogP contribution in [0.1, 0.15) is 56.6 Å². The van der Waals surface area contributed by atoms with Crippen molar-refractivity contribution in [2.24, 2.45) is 5.41 Å². The number of rotatable bonds is 4. The summed E-state index contributed by atoms with van der Waals surface area (Å²) in [4.78, 5) is 33.3. The van der Waals surface area contributed by atoms with Gasteiger partial charge in [-0.3, -0.25) is 4.79 Å². The first-order valence-electron chi connectivity index (χ1n) is 14.5. The number of aliphatic hydroxyl groups is 1. The lowest BCUT2D eigenvalue weighted by molar-refractivity contribution is -0.136. The van der Waals surface area contributed by atoms with Crippen LogP contribution in [0.2, 0.25) is 0 Å². The maximum atomic E-state index is 13.9. The minimum absolute atomic E-state index is 0.00508. The third-order valence-corrected chi connectivity index (χ3v) is 9.66. The SMILES string of the molecule is O=C(N1CC[C@@](O)(Cn2ccc(N3CCCC3)cc2=O)C2(CCCC2)C1)N1CCNC[C@H]1c1ccccc1. The summed E-state index contributed by atoms with van der Waals surface area (Å²) in [6.45, 7) is 5.54. The number of aromatic nitrogens is 1. The molecule has 4 fully saturated rings. The molecular formula is C30H41N5O3. The summed E-state index contributed by atoms with van der Waals surface area (Å²) < 4.78 is 1.69. The standard InChI is InChI=1S/C30H41N5O3/c36-27-20-25(32-15-6-7-16-32)10-17-33(27)23-30(38)13-18-34(22-29(30)11-4-5-12-29)28(37)35-19-14-31-21-26(35)24-8-2-1-3-9-24/h1-3,8-10,17,20,26,31,38H,4-7,11-16,18-19,21-23H2/t26-,30+/m0/s1. The van der Waals surface area contributed by atoms with E-state index in [1.807, 2.05) is 40.3 Å². The molecule has 3 aliphatic heterocycles. The van der Waals surface area contributed by atoms with Crippen LogP contribution in [0.4, 0.5) is 10.5 Å². The van der Waals surface area contributed by atoms with Gasteiger partial charge in [0.1, 0.15) is 0 Å². The van der Waals surface area contributed by atoms with E-state index in [2.05, 4.69) is 22.3 Å². The highest BCUT2D eigenvalue weighted by Crippen LogP contribution is 2.51. The van der Waals surface area contributed by atoms with Gasteiger partial charge in [-0.2, -0.15) is 0 Å². The first-order valence-corrected chi connectivity index (χ1v) is 14.5. The smallest absolute Gasteiger partial charge is 0.320 e. The topological polar surface area (TPSA) is 81.0 Å². The number of nitrogens with zero attached hydrogens (tertiary/aromatic N) is 4. The minimum Gasteiger partial charge on any atom is -0.387 e. The Morgan fingerprint density at radius 2 is 1.74 bits per heavy atom. The average molecular weight is 520 g/mol. The number of amides is 2. The third kappa shape index (κ3) is 4.62. The molecule has 6 rings (SSSR count). The van der Waals surface area contributed by atoms with E-state index in [0.29, 0.717) is 26.1 Å². The summed E-state index contributed by atoms with van der Waals surface area (Å²) in [5, 5.41) is 15.6. The number of hydrogen-bond donors (Lipinski definition) is 2. The molecular weight excluding hydrogens is 478 g/mol. The van der Waals surface area contributed by atoms with Crippen molar-refractivity contribution in [2.75, 3.05) is 50.7 Å². The van der Waals surface area contributed by atoms with Gasteiger partial charge < -0.3 is 29.7 Å². The molecule has 0 radical (unpaired) electrons. The lowest BCUT2D eigenvalue weighted by atomic mass is 9.66. The molecule has 3 saturated heterocycles. The fourth-order valence-corrected chi connectivity index (χ4v) is 7.43. The molecule has 1 saturated carbocycles. The van der Waals surface area contributed by atoms with Gasteiger partial charge in [-0.25, -0.2) is 4.79 Å². The number of urea groups is 1. The Morgan fingerprint density at radius 3 is 2.47 bits per heavy atom. The zero-order valence-electron chi connectivity index (χ0n) is 22.4. The normalized spacial score (nSPS) is 27.3. The van der Waals surface area contributed by atoms with Crippen LogP contribution in [0, 0.1) is 5.41 Å². The molecule has 2 atom stereocenters. The predicted molar refractivity (Wildman–Crippen MR) is 148 cm³/mol. The first kappa shape index (κ1) is 25.4. The van der Waals surface area contributed by atoms with Gasteiger partial charge in [0.05, 0.1) is 18.2 Å². The molecule has 8 nitrogen and oxygen atoms in total. The highest BCUT2D eigenvalue weighted by molar-refractivity contribution is 5.75. The van der Waals surface area contributed by atoms with Gasteiger partial charge in [0.25, 0.3) is 5.56 Å². The number of carbonyl (C=O) groups excluding carboxylic acids is 1. The highest BCUT2D eigenvalue weighted by atomic mass is 16.3. The van der Waals surface area contributed by atoms with Crippen molar-refractivity contribution in [3.63, 3.8) is 0 Å². The molecule has 8 heteroatoms. The Hall–Kier alpha value is -2.84. The molecule has 4 aliphatic rings. The van der Waals surface area contributed by atoms with Crippen molar-refractivity contribution in [3.05, 3.63) is 64.6 Å². The van der Waals surface area contributed by atoms with Gasteiger partial charge in [-0.1, -0.05) is 43.2 Å². The van der Waals surface area contributed by atoms with E-state index in [1.165, 1.54) is 12.8 Å². The van der Waals surface area contributed by atoms with Crippen LogP contribution < -0.4 is 15.8 Å². The molecule has 0 unspecified atom stereocenters. The Kier molecular flexibility index (Phi) is 6.95. The number of hydrogen-bond acceptors (Lipinski definition) is 5. The highest BCUT2D eigenvalue weighted by Gasteiger charge is 2.56. The minimum atomic E-state index is -1.01. The second-order valence-electron chi connectivity index (χ2n) is 11.8. The van der Waals surface area contributed by atoms with Crippen molar-refractivity contribution in [1.82, 2.24) is 19.7 Å². The van der Waals surface area contributed by atoms with E-state index in [-0.39, 0.29) is 29.6 Å². The lowest BCUT2D eigenvalue weighted by Crippen LogP contribution is -2.64. The quantitative estimate of drug-likeness (QED) is 0.649. The molecule has 1 aromatic heterocycles. The third-order valence-electron chi connectivity index (χ3n) is 9.66. The van der Waals surface area contributed by atoms with E-state index < -0.39 is 5.60 Å². The number of anilines is 1. The van der Waals surface area contributed by atoms with Gasteiger partial charge in [0.2, 0.25) is 0 Å². The molecule has 38 heavy (non-hydrogen) atoms. The van der Waals surface area contributed by atoms with Crippen LogP contribution in [0.5, 0.6) is 0 Å². The summed E-state index contributed by atoms with van der Waals surface area (Å²) in [5.74, 6) is 0. The molecule has 1 aromatic carbocycles. The number of benzene rings is 1. The Labute approximate surface area is 225 Å². The number of likely N-dealkylation sites (tertiary alicyclic amines) is 1. The van der Waals surface area contributed by atoms with Gasteiger partial charge in [0, 0.05) is 69.2 Å². The molecule has 1 aliphatic carbocycles. The lowest BCUT2D eigenvalue weighted by Gasteiger charge is -2.53. The summed E-state index contributed by atoms with van der Waals surface area (Å²) in [7, 11) is 0. The predicted octanol–water partition coefficient (Wildman–Crippen LogP) is 3.21. The molecule has 1 spiro atoms. The molecule has 4 heterocycles. The van der Waals surface area contributed by atoms with Crippen LogP contribution in [0.3, 0.4) is 0 Å². The monoisotopic (exact) mass is 519 g/mol. The average Bonchev–Trinajstić information content (AvgIpc) is 3.66. The molecule has 204 valence electrons. The van der Waals surface area contributed by atoms with Crippen LogP contribution in [-0.2, 0) is 6.54 Å².